The third-order valence-electron chi connectivity index (χ3n) is 2.26. The SMILES string of the molecule is Cc1cc(NCCN)c(C)c([SH](C)C)n1. The van der Waals surface area contributed by atoms with E-state index >= 15 is 0 Å². The van der Waals surface area contributed by atoms with Gasteiger partial charge in [-0.1, -0.05) is 0 Å². The van der Waals surface area contributed by atoms with Crippen LogP contribution < -0.4 is 11.1 Å². The molecular weight excluding hydrogens is 206 g/mol. The van der Waals surface area contributed by atoms with Crippen molar-refractivity contribution in [1.82, 2.24) is 4.98 Å². The molecule has 0 spiro atoms. The molecule has 0 bridgehead atoms. The van der Waals surface area contributed by atoms with E-state index < -0.39 is 0 Å². The Labute approximate surface area is 94.8 Å². The number of aryl methyl sites for hydroxylation is 1. The summed E-state index contributed by atoms with van der Waals surface area (Å²) >= 11 is 0. The van der Waals surface area contributed by atoms with Gasteiger partial charge in [0.25, 0.3) is 0 Å². The summed E-state index contributed by atoms with van der Waals surface area (Å²) < 4.78 is 0. The van der Waals surface area contributed by atoms with Gasteiger partial charge >= 0.3 is 0 Å². The van der Waals surface area contributed by atoms with Crippen molar-refractivity contribution in [2.75, 3.05) is 30.9 Å². The molecule has 3 nitrogen and oxygen atoms in total. The maximum Gasteiger partial charge on any atom is 0.0812 e. The van der Waals surface area contributed by atoms with Gasteiger partial charge < -0.3 is 11.1 Å². The smallest absolute Gasteiger partial charge is 0.0812 e. The molecule has 0 saturated carbocycles. The summed E-state index contributed by atoms with van der Waals surface area (Å²) in [7, 11) is -0.146. The fourth-order valence-electron chi connectivity index (χ4n) is 1.55. The third-order valence-corrected chi connectivity index (χ3v) is 3.54. The van der Waals surface area contributed by atoms with Crippen molar-refractivity contribution < 1.29 is 0 Å². The minimum absolute atomic E-state index is 0.146. The molecule has 0 unspecified atom stereocenters. The highest BCUT2D eigenvalue weighted by molar-refractivity contribution is 8.15. The molecule has 0 amide bonds. The molecule has 0 aliphatic heterocycles. The summed E-state index contributed by atoms with van der Waals surface area (Å²) in [6, 6.07) is 2.09. The first-order chi connectivity index (χ1) is 7.06. The van der Waals surface area contributed by atoms with Crippen molar-refractivity contribution in [3.8, 4) is 0 Å². The second-order valence-corrected chi connectivity index (χ2v) is 6.08. The van der Waals surface area contributed by atoms with Gasteiger partial charge in [-0.3, -0.25) is 0 Å². The molecule has 4 heteroatoms. The first-order valence-electron chi connectivity index (χ1n) is 5.15. The summed E-state index contributed by atoms with van der Waals surface area (Å²) in [5.74, 6) is 0. The lowest BCUT2D eigenvalue weighted by atomic mass is 10.2. The number of anilines is 1. The predicted molar refractivity (Wildman–Crippen MR) is 70.4 cm³/mol. The van der Waals surface area contributed by atoms with Crippen LogP contribution >= 0.6 is 10.9 Å². The van der Waals surface area contributed by atoms with E-state index in [4.69, 9.17) is 5.73 Å². The molecule has 0 saturated heterocycles. The number of nitrogens with two attached hydrogens (primary N) is 1. The fraction of sp³-hybridized carbons (Fsp3) is 0.545. The highest BCUT2D eigenvalue weighted by Gasteiger charge is 2.08. The highest BCUT2D eigenvalue weighted by Crippen LogP contribution is 2.33. The molecule has 86 valence electrons. The van der Waals surface area contributed by atoms with Crippen molar-refractivity contribution in [3.63, 3.8) is 0 Å². The maximum absolute atomic E-state index is 5.49. The lowest BCUT2D eigenvalue weighted by Gasteiger charge is -2.17. The van der Waals surface area contributed by atoms with Gasteiger partial charge in [0.2, 0.25) is 0 Å². The average Bonchev–Trinajstić information content (AvgIpc) is 2.18. The van der Waals surface area contributed by atoms with Crippen molar-refractivity contribution >= 4 is 16.6 Å². The van der Waals surface area contributed by atoms with Gasteiger partial charge in [-0.25, -0.2) is 15.9 Å². The molecule has 3 N–H and O–H groups in total. The van der Waals surface area contributed by atoms with E-state index in [0.717, 1.165) is 12.2 Å². The Morgan fingerprint density at radius 3 is 2.60 bits per heavy atom. The number of pyridine rings is 1. The molecule has 1 rings (SSSR count). The predicted octanol–water partition coefficient (Wildman–Crippen LogP) is 1.69. The monoisotopic (exact) mass is 227 g/mol. The lowest BCUT2D eigenvalue weighted by molar-refractivity contribution is 0.987. The maximum atomic E-state index is 5.49. The zero-order valence-electron chi connectivity index (χ0n) is 9.96. The minimum atomic E-state index is -0.146. The van der Waals surface area contributed by atoms with Gasteiger partial charge in [0.1, 0.15) is 0 Å². The zero-order valence-corrected chi connectivity index (χ0v) is 10.9. The Bertz CT molecular complexity index is 337. The minimum Gasteiger partial charge on any atom is -0.383 e. The average molecular weight is 227 g/mol. The van der Waals surface area contributed by atoms with Crippen LogP contribution in [0.15, 0.2) is 11.1 Å². The second kappa shape index (κ2) is 5.37. The molecule has 0 atom stereocenters. The summed E-state index contributed by atoms with van der Waals surface area (Å²) in [6.07, 6.45) is 4.47. The topological polar surface area (TPSA) is 50.9 Å². The molecule has 0 aliphatic rings. The number of thiol groups is 1. The van der Waals surface area contributed by atoms with E-state index in [9.17, 15) is 0 Å². The molecular formula is C11H21N3S. The van der Waals surface area contributed by atoms with E-state index in [0.29, 0.717) is 6.54 Å². The van der Waals surface area contributed by atoms with Crippen LogP contribution in [0.5, 0.6) is 0 Å². The molecule has 1 aromatic rings. The Hall–Kier alpha value is -0.740. The largest absolute Gasteiger partial charge is 0.383 e. The first kappa shape index (κ1) is 12.3. The Morgan fingerprint density at radius 2 is 2.07 bits per heavy atom. The van der Waals surface area contributed by atoms with E-state index in [1.807, 2.05) is 6.92 Å². The van der Waals surface area contributed by atoms with Crippen LogP contribution in [0.1, 0.15) is 11.3 Å². The van der Waals surface area contributed by atoms with Crippen LogP contribution in [0.2, 0.25) is 0 Å². The number of nitrogens with zero attached hydrogens (tertiary/aromatic N) is 1. The zero-order chi connectivity index (χ0) is 11.4. The van der Waals surface area contributed by atoms with E-state index in [2.05, 4.69) is 35.8 Å². The first-order valence-corrected chi connectivity index (χ1v) is 7.39. The highest BCUT2D eigenvalue weighted by atomic mass is 32.2. The van der Waals surface area contributed by atoms with Crippen molar-refractivity contribution in [2.45, 2.75) is 18.9 Å². The summed E-state index contributed by atoms with van der Waals surface area (Å²) in [6.45, 7) is 5.64. The number of hydrogen-bond donors (Lipinski definition) is 3. The van der Waals surface area contributed by atoms with Crippen LogP contribution in [-0.4, -0.2) is 30.6 Å². The van der Waals surface area contributed by atoms with Gasteiger partial charge in [0.05, 0.1) is 5.03 Å². The second-order valence-electron chi connectivity index (χ2n) is 3.87. The number of hydrogen-bond acceptors (Lipinski definition) is 3. The van der Waals surface area contributed by atoms with E-state index in [1.165, 1.54) is 16.3 Å². The normalized spacial score (nSPS) is 11.4. The molecule has 15 heavy (non-hydrogen) atoms. The van der Waals surface area contributed by atoms with Crippen molar-refractivity contribution in [3.05, 3.63) is 17.3 Å². The number of rotatable bonds is 4. The van der Waals surface area contributed by atoms with E-state index in [1.54, 1.807) is 0 Å². The molecule has 1 heterocycles. The van der Waals surface area contributed by atoms with Gasteiger partial charge in [0.15, 0.2) is 0 Å². The van der Waals surface area contributed by atoms with Crippen LogP contribution in [0, 0.1) is 13.8 Å². The molecule has 0 radical (unpaired) electrons. The lowest BCUT2D eigenvalue weighted by Crippen LogP contribution is -2.14. The number of aromatic nitrogens is 1. The number of nitrogens with one attached hydrogen (secondary N) is 1. The van der Waals surface area contributed by atoms with Gasteiger partial charge in [-0.05, 0) is 32.4 Å². The Balaban J connectivity index is 3.05. The summed E-state index contributed by atoms with van der Waals surface area (Å²) in [5, 5.41) is 4.58. The molecule has 0 aliphatic carbocycles. The third kappa shape index (κ3) is 3.11. The Morgan fingerprint density at radius 1 is 1.40 bits per heavy atom. The van der Waals surface area contributed by atoms with Gasteiger partial charge in [0, 0.05) is 30.0 Å². The van der Waals surface area contributed by atoms with Crippen LogP contribution in [0.3, 0.4) is 0 Å². The van der Waals surface area contributed by atoms with Crippen LogP contribution in [0.4, 0.5) is 5.69 Å². The van der Waals surface area contributed by atoms with Crippen LogP contribution in [-0.2, 0) is 0 Å². The fourth-order valence-corrected chi connectivity index (χ4v) is 2.70. The summed E-state index contributed by atoms with van der Waals surface area (Å²) in [4.78, 5) is 4.60. The quantitative estimate of drug-likeness (QED) is 0.686. The molecule has 0 aromatic carbocycles. The Kier molecular flexibility index (Phi) is 4.42. The van der Waals surface area contributed by atoms with Crippen molar-refractivity contribution in [1.29, 1.82) is 0 Å². The van der Waals surface area contributed by atoms with E-state index in [-0.39, 0.29) is 10.9 Å². The summed E-state index contributed by atoms with van der Waals surface area (Å²) in [5.41, 5.74) is 9.01. The van der Waals surface area contributed by atoms with Gasteiger partial charge in [-0.2, -0.15) is 0 Å². The van der Waals surface area contributed by atoms with Gasteiger partial charge in [-0.15, -0.1) is 0 Å². The standard InChI is InChI=1S/C11H21N3S/c1-8-7-10(13-6-5-12)9(2)11(14-8)15(3)4/h7,15H,5-6,12H2,1-4H3,(H,13,14). The van der Waals surface area contributed by atoms with Crippen molar-refractivity contribution in [2.24, 2.45) is 5.73 Å². The molecule has 0 fully saturated rings. The molecule has 1 aromatic heterocycles. The van der Waals surface area contributed by atoms with Crippen LogP contribution in [0.25, 0.3) is 0 Å².